The summed E-state index contributed by atoms with van der Waals surface area (Å²) in [6, 6.07) is 7.55. The topological polar surface area (TPSA) is 57.8 Å². The van der Waals surface area contributed by atoms with Crippen LogP contribution in [0.1, 0.15) is 35.7 Å². The fraction of sp³-hybridized carbons (Fsp3) is 0.333. The van der Waals surface area contributed by atoms with Crippen molar-refractivity contribution in [2.45, 2.75) is 31.7 Å². The van der Waals surface area contributed by atoms with E-state index in [1.807, 2.05) is 24.3 Å². The van der Waals surface area contributed by atoms with E-state index in [4.69, 9.17) is 11.6 Å². The zero-order chi connectivity index (χ0) is 13.9. The highest BCUT2D eigenvalue weighted by Gasteiger charge is 2.28. The van der Waals surface area contributed by atoms with Crippen LogP contribution in [0.4, 0.5) is 0 Å². The molecule has 104 valence electrons. The molecule has 1 unspecified atom stereocenters. The quantitative estimate of drug-likeness (QED) is 0.913. The zero-order valence-corrected chi connectivity index (χ0v) is 11.8. The van der Waals surface area contributed by atoms with Crippen molar-refractivity contribution in [3.05, 3.63) is 52.6 Å². The van der Waals surface area contributed by atoms with E-state index in [-0.39, 0.29) is 11.8 Å². The molecule has 1 aromatic carbocycles. The summed E-state index contributed by atoms with van der Waals surface area (Å²) in [5.41, 5.74) is 2.92. The fourth-order valence-corrected chi connectivity index (χ4v) is 2.86. The standard InChI is InChI=1S/C15H16ClN3O/c16-12-6-2-1-4-10(12)8-17-15(20)11-5-3-7-13-14(11)19-9-18-13/h1-2,4,6,9,11H,3,5,7-8H2,(H,17,20)(H,18,19). The summed E-state index contributed by atoms with van der Waals surface area (Å²) in [6.07, 6.45) is 4.51. The summed E-state index contributed by atoms with van der Waals surface area (Å²) in [5.74, 6) is -0.120. The molecule has 1 atom stereocenters. The number of rotatable bonds is 3. The molecule has 4 nitrogen and oxygen atoms in total. The number of nitrogens with zero attached hydrogens (tertiary/aromatic N) is 1. The Morgan fingerprint density at radius 3 is 3.15 bits per heavy atom. The summed E-state index contributed by atoms with van der Waals surface area (Å²) in [6.45, 7) is 0.453. The molecule has 0 radical (unpaired) electrons. The van der Waals surface area contributed by atoms with Gasteiger partial charge in [-0.1, -0.05) is 29.8 Å². The van der Waals surface area contributed by atoms with Crippen LogP contribution in [0.25, 0.3) is 0 Å². The number of imidazole rings is 1. The van der Waals surface area contributed by atoms with Gasteiger partial charge in [-0.25, -0.2) is 4.98 Å². The molecule has 1 aromatic heterocycles. The minimum absolute atomic E-state index is 0.0259. The first-order valence-electron chi connectivity index (χ1n) is 6.79. The normalized spacial score (nSPS) is 17.6. The lowest BCUT2D eigenvalue weighted by Gasteiger charge is -2.20. The highest BCUT2D eigenvalue weighted by molar-refractivity contribution is 6.31. The van der Waals surface area contributed by atoms with Crippen LogP contribution in [0, 0.1) is 0 Å². The summed E-state index contributed by atoms with van der Waals surface area (Å²) in [7, 11) is 0. The average Bonchev–Trinajstić information content (AvgIpc) is 2.94. The van der Waals surface area contributed by atoms with Gasteiger partial charge >= 0.3 is 0 Å². The lowest BCUT2D eigenvalue weighted by atomic mass is 9.89. The molecule has 2 aromatic rings. The van der Waals surface area contributed by atoms with Crippen molar-refractivity contribution in [2.24, 2.45) is 0 Å². The summed E-state index contributed by atoms with van der Waals surface area (Å²) in [4.78, 5) is 19.7. The van der Waals surface area contributed by atoms with Crippen LogP contribution in [0.3, 0.4) is 0 Å². The third-order valence-electron chi connectivity index (χ3n) is 3.73. The third kappa shape index (κ3) is 2.56. The second-order valence-electron chi connectivity index (χ2n) is 5.02. The zero-order valence-electron chi connectivity index (χ0n) is 11.0. The number of amides is 1. The van der Waals surface area contributed by atoms with Crippen molar-refractivity contribution < 1.29 is 4.79 Å². The summed E-state index contributed by atoms with van der Waals surface area (Å²) >= 11 is 6.09. The second-order valence-corrected chi connectivity index (χ2v) is 5.43. The minimum Gasteiger partial charge on any atom is -0.351 e. The molecular weight excluding hydrogens is 274 g/mol. The number of carbonyl (C=O) groups excluding carboxylic acids is 1. The van der Waals surface area contributed by atoms with Gasteiger partial charge in [0.2, 0.25) is 5.91 Å². The molecule has 5 heteroatoms. The van der Waals surface area contributed by atoms with E-state index in [9.17, 15) is 4.79 Å². The second kappa shape index (κ2) is 5.67. The summed E-state index contributed by atoms with van der Waals surface area (Å²) in [5, 5.41) is 3.64. The predicted octanol–water partition coefficient (Wildman–Crippen LogP) is 2.80. The Kier molecular flexibility index (Phi) is 3.74. The molecule has 0 fully saturated rings. The number of H-pyrrole nitrogens is 1. The minimum atomic E-state index is -0.146. The van der Waals surface area contributed by atoms with Gasteiger partial charge in [0.15, 0.2) is 0 Å². The van der Waals surface area contributed by atoms with Crippen molar-refractivity contribution >= 4 is 17.5 Å². The van der Waals surface area contributed by atoms with Gasteiger partial charge in [0, 0.05) is 17.3 Å². The molecule has 20 heavy (non-hydrogen) atoms. The number of carbonyl (C=O) groups is 1. The van der Waals surface area contributed by atoms with E-state index in [2.05, 4.69) is 15.3 Å². The first-order valence-corrected chi connectivity index (χ1v) is 7.17. The smallest absolute Gasteiger partial charge is 0.229 e. The van der Waals surface area contributed by atoms with Gasteiger partial charge < -0.3 is 10.3 Å². The van der Waals surface area contributed by atoms with E-state index in [0.29, 0.717) is 11.6 Å². The highest BCUT2D eigenvalue weighted by Crippen LogP contribution is 2.29. The molecule has 0 saturated carbocycles. The Labute approximate surface area is 122 Å². The number of hydrogen-bond acceptors (Lipinski definition) is 2. The van der Waals surface area contributed by atoms with E-state index in [0.717, 1.165) is 36.2 Å². The van der Waals surface area contributed by atoms with Crippen molar-refractivity contribution in [3.8, 4) is 0 Å². The highest BCUT2D eigenvalue weighted by atomic mass is 35.5. The Bertz CT molecular complexity index is 623. The Balaban J connectivity index is 1.68. The molecule has 1 heterocycles. The first kappa shape index (κ1) is 13.2. The Morgan fingerprint density at radius 2 is 2.30 bits per heavy atom. The molecule has 2 N–H and O–H groups in total. The van der Waals surface area contributed by atoms with E-state index in [1.54, 1.807) is 6.33 Å². The number of hydrogen-bond donors (Lipinski definition) is 2. The maximum atomic E-state index is 12.3. The number of fused-ring (bicyclic) bond motifs is 1. The molecule has 1 aliphatic rings. The number of benzene rings is 1. The van der Waals surface area contributed by atoms with Crippen LogP contribution in [-0.2, 0) is 17.8 Å². The van der Waals surface area contributed by atoms with Crippen LogP contribution in [0.5, 0.6) is 0 Å². The molecule has 1 amide bonds. The molecule has 0 aliphatic heterocycles. The number of aromatic nitrogens is 2. The van der Waals surface area contributed by atoms with Crippen LogP contribution in [0.2, 0.25) is 5.02 Å². The van der Waals surface area contributed by atoms with Crippen LogP contribution in [-0.4, -0.2) is 15.9 Å². The van der Waals surface area contributed by atoms with Crippen molar-refractivity contribution in [1.82, 2.24) is 15.3 Å². The molecule has 0 saturated heterocycles. The number of aromatic amines is 1. The van der Waals surface area contributed by atoms with Gasteiger partial charge in [-0.05, 0) is 30.9 Å². The van der Waals surface area contributed by atoms with Gasteiger partial charge in [-0.15, -0.1) is 0 Å². The SMILES string of the molecule is O=C(NCc1ccccc1Cl)C1CCCc2[nH]cnc21. The van der Waals surface area contributed by atoms with Gasteiger partial charge in [-0.3, -0.25) is 4.79 Å². The van der Waals surface area contributed by atoms with E-state index >= 15 is 0 Å². The van der Waals surface area contributed by atoms with Crippen LogP contribution < -0.4 is 5.32 Å². The number of halogens is 1. The van der Waals surface area contributed by atoms with E-state index in [1.165, 1.54) is 0 Å². The monoisotopic (exact) mass is 289 g/mol. The molecule has 0 spiro atoms. The third-order valence-corrected chi connectivity index (χ3v) is 4.10. The Hall–Kier alpha value is -1.81. The molecule has 0 bridgehead atoms. The maximum Gasteiger partial charge on any atom is 0.229 e. The number of aryl methyl sites for hydroxylation is 1. The van der Waals surface area contributed by atoms with Crippen LogP contribution in [0.15, 0.2) is 30.6 Å². The molecule has 3 rings (SSSR count). The van der Waals surface area contributed by atoms with Crippen molar-refractivity contribution in [2.75, 3.05) is 0 Å². The van der Waals surface area contributed by atoms with E-state index < -0.39 is 0 Å². The largest absolute Gasteiger partial charge is 0.351 e. The lowest BCUT2D eigenvalue weighted by Crippen LogP contribution is -2.31. The predicted molar refractivity (Wildman–Crippen MR) is 77.6 cm³/mol. The van der Waals surface area contributed by atoms with Gasteiger partial charge in [0.25, 0.3) is 0 Å². The van der Waals surface area contributed by atoms with Crippen LogP contribution >= 0.6 is 11.6 Å². The molecule has 1 aliphatic carbocycles. The first-order chi connectivity index (χ1) is 9.75. The van der Waals surface area contributed by atoms with Gasteiger partial charge in [0.1, 0.15) is 0 Å². The van der Waals surface area contributed by atoms with Gasteiger partial charge in [-0.2, -0.15) is 0 Å². The maximum absolute atomic E-state index is 12.3. The fourth-order valence-electron chi connectivity index (χ4n) is 2.65. The number of nitrogens with one attached hydrogen (secondary N) is 2. The average molecular weight is 290 g/mol. The summed E-state index contributed by atoms with van der Waals surface area (Å²) < 4.78 is 0. The lowest BCUT2D eigenvalue weighted by molar-refractivity contribution is -0.123. The van der Waals surface area contributed by atoms with Gasteiger partial charge in [0.05, 0.1) is 17.9 Å². The molecular formula is C15H16ClN3O. The Morgan fingerprint density at radius 1 is 1.45 bits per heavy atom. The van der Waals surface area contributed by atoms with Crippen molar-refractivity contribution in [1.29, 1.82) is 0 Å². The van der Waals surface area contributed by atoms with Crippen molar-refractivity contribution in [3.63, 3.8) is 0 Å².